The second-order valence-corrected chi connectivity index (χ2v) is 4.48. The molecular weight excluding hydrogens is 234 g/mol. The number of nitrogens with two attached hydrogens (primary N) is 1. The quantitative estimate of drug-likeness (QED) is 0.664. The molecule has 0 unspecified atom stereocenters. The summed E-state index contributed by atoms with van der Waals surface area (Å²) in [5.74, 6) is 0. The number of benzene rings is 1. The molecule has 1 saturated heterocycles. The second kappa shape index (κ2) is 4.24. The number of para-hydroxylation sites is 1. The zero-order valence-electron chi connectivity index (χ0n) is 9.73. The second-order valence-electron chi connectivity index (χ2n) is 4.48. The van der Waals surface area contributed by atoms with Crippen molar-refractivity contribution in [3.8, 4) is 0 Å². The molecule has 18 heavy (non-hydrogen) atoms. The minimum atomic E-state index is -0.654. The lowest BCUT2D eigenvalue weighted by Crippen LogP contribution is -2.24. The Morgan fingerprint density at radius 3 is 3.06 bits per heavy atom. The summed E-state index contributed by atoms with van der Waals surface area (Å²) >= 11 is 0. The predicted octanol–water partition coefficient (Wildman–Crippen LogP) is 0.259. The van der Waals surface area contributed by atoms with Crippen molar-refractivity contribution in [1.82, 2.24) is 9.55 Å². The van der Waals surface area contributed by atoms with Crippen molar-refractivity contribution in [2.75, 3.05) is 12.3 Å². The first-order chi connectivity index (χ1) is 8.70. The monoisotopic (exact) mass is 249 g/mol. The van der Waals surface area contributed by atoms with Crippen LogP contribution in [-0.4, -0.2) is 38.6 Å². The summed E-state index contributed by atoms with van der Waals surface area (Å²) in [4.78, 5) is 4.25. The van der Waals surface area contributed by atoms with E-state index in [9.17, 15) is 5.11 Å². The summed E-state index contributed by atoms with van der Waals surface area (Å²) in [5, 5.41) is 18.8. The van der Waals surface area contributed by atoms with Gasteiger partial charge in [-0.25, -0.2) is 4.98 Å². The highest BCUT2D eigenvalue weighted by atomic mass is 16.5. The van der Waals surface area contributed by atoms with Crippen LogP contribution in [0.25, 0.3) is 11.0 Å². The summed E-state index contributed by atoms with van der Waals surface area (Å²) in [7, 11) is 0. The molecule has 2 heterocycles. The Morgan fingerprint density at radius 2 is 2.33 bits per heavy atom. The van der Waals surface area contributed by atoms with Crippen LogP contribution in [0.2, 0.25) is 0 Å². The number of aliphatic hydroxyl groups excluding tert-OH is 2. The first-order valence-electron chi connectivity index (χ1n) is 5.86. The molecule has 0 radical (unpaired) electrons. The van der Waals surface area contributed by atoms with Gasteiger partial charge in [0, 0.05) is 6.42 Å². The predicted molar refractivity (Wildman–Crippen MR) is 65.8 cm³/mol. The molecule has 4 N–H and O–H groups in total. The summed E-state index contributed by atoms with van der Waals surface area (Å²) in [5.41, 5.74) is 8.05. The lowest BCUT2D eigenvalue weighted by atomic mass is 10.2. The lowest BCUT2D eigenvalue weighted by molar-refractivity contribution is -0.0430. The fourth-order valence-electron chi connectivity index (χ4n) is 2.36. The molecule has 1 aromatic carbocycles. The zero-order chi connectivity index (χ0) is 12.7. The molecule has 1 aromatic heterocycles. The number of hydrogen-bond acceptors (Lipinski definition) is 5. The van der Waals surface area contributed by atoms with Gasteiger partial charge in [-0.15, -0.1) is 0 Å². The smallest absolute Gasteiger partial charge is 0.138 e. The van der Waals surface area contributed by atoms with Gasteiger partial charge in [0.25, 0.3) is 0 Å². The van der Waals surface area contributed by atoms with E-state index in [-0.39, 0.29) is 12.8 Å². The van der Waals surface area contributed by atoms with Crippen LogP contribution in [0.4, 0.5) is 5.69 Å². The number of aliphatic hydroxyl groups is 2. The van der Waals surface area contributed by atoms with Crippen LogP contribution < -0.4 is 5.73 Å². The van der Waals surface area contributed by atoms with E-state index in [1.165, 1.54) is 0 Å². The summed E-state index contributed by atoms with van der Waals surface area (Å²) in [6.45, 7) is -0.188. The van der Waals surface area contributed by atoms with Gasteiger partial charge in [-0.05, 0) is 12.1 Å². The van der Waals surface area contributed by atoms with Gasteiger partial charge < -0.3 is 25.3 Å². The van der Waals surface area contributed by atoms with Crippen molar-refractivity contribution >= 4 is 16.7 Å². The molecule has 1 aliphatic heterocycles. The summed E-state index contributed by atoms with van der Waals surface area (Å²) < 4.78 is 7.44. The number of fused-ring (bicyclic) bond motifs is 1. The minimum Gasteiger partial charge on any atom is -0.397 e. The van der Waals surface area contributed by atoms with Gasteiger partial charge in [-0.3, -0.25) is 0 Å². The van der Waals surface area contributed by atoms with Crippen LogP contribution in [0.15, 0.2) is 24.5 Å². The molecule has 2 aromatic rings. The highest BCUT2D eigenvalue weighted by molar-refractivity contribution is 5.87. The average Bonchev–Trinajstić information content (AvgIpc) is 2.93. The number of rotatable bonds is 2. The highest BCUT2D eigenvalue weighted by Gasteiger charge is 2.34. The third-order valence-corrected chi connectivity index (χ3v) is 3.33. The Kier molecular flexibility index (Phi) is 2.70. The van der Waals surface area contributed by atoms with Crippen LogP contribution in [0, 0.1) is 0 Å². The largest absolute Gasteiger partial charge is 0.397 e. The molecule has 0 bridgehead atoms. The molecule has 6 heteroatoms. The third kappa shape index (κ3) is 1.66. The van der Waals surface area contributed by atoms with Crippen molar-refractivity contribution in [2.24, 2.45) is 0 Å². The van der Waals surface area contributed by atoms with Gasteiger partial charge in [-0.1, -0.05) is 6.07 Å². The molecule has 0 aliphatic carbocycles. The van der Waals surface area contributed by atoms with Gasteiger partial charge in [0.15, 0.2) is 0 Å². The topological polar surface area (TPSA) is 93.5 Å². The van der Waals surface area contributed by atoms with Crippen LogP contribution in [0.3, 0.4) is 0 Å². The molecule has 3 rings (SSSR count). The van der Waals surface area contributed by atoms with Gasteiger partial charge in [-0.2, -0.15) is 0 Å². The van der Waals surface area contributed by atoms with Crippen LogP contribution >= 0.6 is 0 Å². The molecule has 0 spiro atoms. The van der Waals surface area contributed by atoms with Gasteiger partial charge in [0.1, 0.15) is 17.8 Å². The Bertz CT molecular complexity index is 569. The van der Waals surface area contributed by atoms with Crippen molar-refractivity contribution in [3.63, 3.8) is 0 Å². The number of anilines is 1. The van der Waals surface area contributed by atoms with E-state index >= 15 is 0 Å². The maximum atomic E-state index is 9.74. The summed E-state index contributed by atoms with van der Waals surface area (Å²) in [6.07, 6.45) is 0.583. The average molecular weight is 249 g/mol. The number of ether oxygens (including phenoxy) is 1. The van der Waals surface area contributed by atoms with Crippen molar-refractivity contribution in [2.45, 2.75) is 24.9 Å². The highest BCUT2D eigenvalue weighted by Crippen LogP contribution is 2.32. The molecular formula is C12H15N3O3. The molecule has 1 aliphatic rings. The van der Waals surface area contributed by atoms with Crippen molar-refractivity contribution < 1.29 is 14.9 Å². The fraction of sp³-hybridized carbons (Fsp3) is 0.417. The maximum absolute atomic E-state index is 9.74. The lowest BCUT2D eigenvalue weighted by Gasteiger charge is -2.14. The van der Waals surface area contributed by atoms with E-state index in [4.69, 9.17) is 15.6 Å². The third-order valence-electron chi connectivity index (χ3n) is 3.33. The Morgan fingerprint density at radius 1 is 1.50 bits per heavy atom. The van der Waals surface area contributed by atoms with Crippen LogP contribution in [-0.2, 0) is 4.74 Å². The zero-order valence-corrected chi connectivity index (χ0v) is 9.73. The number of imidazole rings is 1. The normalized spacial score (nSPS) is 28.0. The number of nitrogen functional groups attached to an aromatic ring is 1. The van der Waals surface area contributed by atoms with E-state index in [0.717, 1.165) is 11.0 Å². The fourth-order valence-corrected chi connectivity index (χ4v) is 2.36. The minimum absolute atomic E-state index is 0.188. The standard InChI is InChI=1S/C12H15N3O3/c13-7-2-1-3-8-12(7)14-6-15(8)11-4-9(17)10(5-16)18-11/h1-3,6,9-11,16-17H,4-5,13H2/t9-,10+,11-/m0/s1. The Hall–Kier alpha value is -1.63. The first-order valence-corrected chi connectivity index (χ1v) is 5.86. The Balaban J connectivity index is 1.99. The summed E-state index contributed by atoms with van der Waals surface area (Å²) in [6, 6.07) is 5.55. The van der Waals surface area contributed by atoms with Crippen LogP contribution in [0.5, 0.6) is 0 Å². The van der Waals surface area contributed by atoms with Crippen molar-refractivity contribution in [3.05, 3.63) is 24.5 Å². The van der Waals surface area contributed by atoms with Crippen molar-refractivity contribution in [1.29, 1.82) is 0 Å². The maximum Gasteiger partial charge on any atom is 0.138 e. The van der Waals surface area contributed by atoms with E-state index in [2.05, 4.69) is 4.98 Å². The van der Waals surface area contributed by atoms with Gasteiger partial charge >= 0.3 is 0 Å². The molecule has 1 fully saturated rings. The Labute approximate surface area is 104 Å². The van der Waals surface area contributed by atoms with E-state index in [0.29, 0.717) is 12.1 Å². The van der Waals surface area contributed by atoms with E-state index in [1.54, 1.807) is 12.4 Å². The number of aromatic nitrogens is 2. The molecule has 3 atom stereocenters. The van der Waals surface area contributed by atoms with Crippen LogP contribution in [0.1, 0.15) is 12.6 Å². The van der Waals surface area contributed by atoms with E-state index < -0.39 is 12.2 Å². The number of nitrogens with zero attached hydrogens (tertiary/aromatic N) is 2. The van der Waals surface area contributed by atoms with Gasteiger partial charge in [0.2, 0.25) is 0 Å². The molecule has 96 valence electrons. The van der Waals surface area contributed by atoms with Gasteiger partial charge in [0.05, 0.1) is 30.2 Å². The van der Waals surface area contributed by atoms with E-state index in [1.807, 2.05) is 16.7 Å². The first kappa shape index (κ1) is 11.5. The molecule has 0 amide bonds. The number of hydrogen-bond donors (Lipinski definition) is 3. The molecule has 0 saturated carbocycles. The SMILES string of the molecule is Nc1cccc2c1ncn2[C@@H]1C[C@H](O)[C@@H](CO)O1. The molecule has 6 nitrogen and oxygen atoms in total.